The Bertz CT molecular complexity index is 651. The van der Waals surface area contributed by atoms with Gasteiger partial charge in [0.2, 0.25) is 5.91 Å². The van der Waals surface area contributed by atoms with E-state index in [0.717, 1.165) is 17.7 Å². The van der Waals surface area contributed by atoms with Gasteiger partial charge in [-0.05, 0) is 20.5 Å². The molecule has 0 aromatic carbocycles. The number of ether oxygens (including phenoxy) is 3. The average Bonchev–Trinajstić information content (AvgIpc) is 2.90. The van der Waals surface area contributed by atoms with E-state index in [1.54, 1.807) is 14.1 Å². The Labute approximate surface area is 257 Å². The van der Waals surface area contributed by atoms with Gasteiger partial charge in [0.15, 0.2) is 6.10 Å². The number of hydrogen-bond donors (Lipinski definition) is 0. The fraction of sp³-hybridized carbons (Fsp3) is 0.903. The first-order valence-electron chi connectivity index (χ1n) is 15.7. The van der Waals surface area contributed by atoms with E-state index < -0.39 is 24.2 Å². The molecule has 0 spiro atoms. The summed E-state index contributed by atoms with van der Waals surface area (Å²) in [5, 5.41) is 0. The zero-order valence-corrected chi connectivity index (χ0v) is 27.9. The average molecular weight is 608 g/mol. The van der Waals surface area contributed by atoms with Crippen molar-refractivity contribution in [1.29, 1.82) is 0 Å². The van der Waals surface area contributed by atoms with Crippen LogP contribution in [0, 0.1) is 0 Å². The minimum atomic E-state index is -0.752. The number of unbranched alkanes of at least 4 members (excludes halogenated alkanes) is 15. The van der Waals surface area contributed by atoms with E-state index in [1.165, 1.54) is 102 Å². The van der Waals surface area contributed by atoms with Crippen molar-refractivity contribution in [3.8, 4) is 0 Å². The molecule has 9 nitrogen and oxygen atoms in total. The summed E-state index contributed by atoms with van der Waals surface area (Å²) < 4.78 is 16.4. The number of amides is 3. The Kier molecular flexibility index (Phi) is 28.9. The fourth-order valence-electron chi connectivity index (χ4n) is 4.25. The molecule has 1 unspecified atom stereocenters. The molecule has 1 atom stereocenters. The molecule has 0 aromatic rings. The first-order chi connectivity index (χ1) is 19.2. The molecule has 0 bridgehead atoms. The summed E-state index contributed by atoms with van der Waals surface area (Å²) in [4.78, 5) is 40.6. The third kappa shape index (κ3) is 25.8. The number of carbonyl (C=O) groups is 3. The van der Waals surface area contributed by atoms with E-state index in [0.29, 0.717) is 13.2 Å². The lowest BCUT2D eigenvalue weighted by molar-refractivity contribution is -0.127. The van der Waals surface area contributed by atoms with Gasteiger partial charge in [-0.3, -0.25) is 4.79 Å². The van der Waals surface area contributed by atoms with Crippen molar-refractivity contribution in [3.63, 3.8) is 0 Å². The van der Waals surface area contributed by atoms with Crippen LogP contribution in [-0.4, -0.2) is 100.0 Å². The second-order valence-corrected chi connectivity index (χ2v) is 11.3. The normalized spacial score (nSPS) is 11.6. The van der Waals surface area contributed by atoms with Crippen LogP contribution in [0.25, 0.3) is 0 Å². The maximum atomic E-state index is 12.4. The molecule has 0 saturated heterocycles. The molecule has 0 rings (SSSR count). The number of nitrogens with zero attached hydrogens (tertiary/aromatic N) is 3. The van der Waals surface area contributed by atoms with Crippen LogP contribution in [0.3, 0.4) is 0 Å². The third-order valence-electron chi connectivity index (χ3n) is 6.84. The van der Waals surface area contributed by atoms with E-state index in [-0.39, 0.29) is 32.2 Å². The molecule has 10 heteroatoms. The minimum absolute atomic E-state index is 0. The van der Waals surface area contributed by atoms with Gasteiger partial charge in [0, 0.05) is 40.7 Å². The predicted molar refractivity (Wildman–Crippen MR) is 169 cm³/mol. The first-order valence-corrected chi connectivity index (χ1v) is 15.7. The monoisotopic (exact) mass is 607 g/mol. The van der Waals surface area contributed by atoms with Gasteiger partial charge in [0.25, 0.3) is 0 Å². The third-order valence-corrected chi connectivity index (χ3v) is 6.84. The number of rotatable bonds is 25. The Morgan fingerprint density at radius 3 is 1.51 bits per heavy atom. The molecule has 41 heavy (non-hydrogen) atoms. The van der Waals surface area contributed by atoms with Crippen molar-refractivity contribution in [2.45, 2.75) is 123 Å². The Morgan fingerprint density at radius 1 is 0.634 bits per heavy atom. The molecule has 0 radical (unpaired) electrons. The molecule has 0 heterocycles. The molecule has 244 valence electrons. The predicted octanol–water partition coefficient (Wildman–Crippen LogP) is 7.30. The van der Waals surface area contributed by atoms with Gasteiger partial charge in [0.05, 0.1) is 6.61 Å². The van der Waals surface area contributed by atoms with E-state index >= 15 is 0 Å². The maximum absolute atomic E-state index is 12.4. The van der Waals surface area contributed by atoms with Crippen LogP contribution in [0.15, 0.2) is 0 Å². The summed E-state index contributed by atoms with van der Waals surface area (Å²) in [5.41, 5.74) is 0. The number of imide groups is 1. The summed E-state index contributed by atoms with van der Waals surface area (Å²) in [6, 6.07) is 0. The van der Waals surface area contributed by atoms with Crippen LogP contribution in [0.5, 0.6) is 0 Å². The molecule has 0 saturated carbocycles. The van der Waals surface area contributed by atoms with Crippen molar-refractivity contribution in [2.75, 3.05) is 61.1 Å². The molecule has 0 fully saturated rings. The van der Waals surface area contributed by atoms with Gasteiger partial charge in [-0.1, -0.05) is 103 Å². The number of hydrogen-bond acceptors (Lipinski definition) is 7. The van der Waals surface area contributed by atoms with E-state index in [4.69, 9.17) is 14.2 Å². The summed E-state index contributed by atoms with van der Waals surface area (Å²) >= 11 is 0. The van der Waals surface area contributed by atoms with Crippen LogP contribution in [0.4, 0.5) is 9.59 Å². The van der Waals surface area contributed by atoms with E-state index in [1.807, 2.05) is 19.0 Å². The van der Waals surface area contributed by atoms with Gasteiger partial charge in [-0.25, -0.2) is 14.5 Å². The fourth-order valence-corrected chi connectivity index (χ4v) is 4.25. The van der Waals surface area contributed by atoms with E-state index in [9.17, 15) is 14.4 Å². The minimum Gasteiger partial charge on any atom is -0.445 e. The van der Waals surface area contributed by atoms with Crippen molar-refractivity contribution in [2.24, 2.45) is 0 Å². The summed E-state index contributed by atoms with van der Waals surface area (Å²) in [7, 11) is 6.89. The van der Waals surface area contributed by atoms with Crippen LogP contribution in [-0.2, 0) is 19.0 Å². The molecular formula is C31H62ClN3O6. The number of likely N-dealkylation sites (N-methyl/N-ethyl adjacent to an activating group) is 1. The second kappa shape index (κ2) is 28.5. The quantitative estimate of drug-likeness (QED) is 0.101. The zero-order valence-electron chi connectivity index (χ0n) is 27.1. The summed E-state index contributed by atoms with van der Waals surface area (Å²) in [5.74, 6) is -0.395. The number of halogens is 1. The van der Waals surface area contributed by atoms with Crippen LogP contribution < -0.4 is 0 Å². The standard InChI is InChI=1S/C31H61N3O6.ClH/c1-7-8-9-10-11-12-13-14-15-16-17-18-19-20-21-22-25-38-26-29(40-30(36)33(5)6)27-39-31(37)34(28(2)35)24-23-32(3)4;/h29H,7-27H2,1-6H3;1H. The topological polar surface area (TPSA) is 88.6 Å². The lowest BCUT2D eigenvalue weighted by Crippen LogP contribution is -2.42. The van der Waals surface area contributed by atoms with Crippen molar-refractivity contribution in [1.82, 2.24) is 14.7 Å². The molecule has 0 aliphatic rings. The smallest absolute Gasteiger partial charge is 0.416 e. The van der Waals surface area contributed by atoms with Gasteiger partial charge in [0.1, 0.15) is 6.61 Å². The van der Waals surface area contributed by atoms with Gasteiger partial charge >= 0.3 is 12.2 Å². The lowest BCUT2D eigenvalue weighted by atomic mass is 10.0. The Hall–Kier alpha value is -1.58. The van der Waals surface area contributed by atoms with E-state index in [2.05, 4.69) is 6.92 Å². The van der Waals surface area contributed by atoms with Crippen LogP contribution in [0.1, 0.15) is 117 Å². The summed E-state index contributed by atoms with van der Waals surface area (Å²) in [6.07, 6.45) is 19.0. The first kappa shape index (κ1) is 41.6. The molecule has 0 aromatic heterocycles. The molecule has 0 N–H and O–H groups in total. The van der Waals surface area contributed by atoms with Gasteiger partial charge in [-0.15, -0.1) is 12.4 Å². The highest BCUT2D eigenvalue weighted by Crippen LogP contribution is 2.14. The van der Waals surface area contributed by atoms with Gasteiger partial charge < -0.3 is 24.0 Å². The maximum Gasteiger partial charge on any atom is 0.416 e. The van der Waals surface area contributed by atoms with Crippen molar-refractivity contribution in [3.05, 3.63) is 0 Å². The molecular weight excluding hydrogens is 546 g/mol. The highest BCUT2D eigenvalue weighted by atomic mass is 35.5. The van der Waals surface area contributed by atoms with Crippen molar-refractivity contribution >= 4 is 30.5 Å². The van der Waals surface area contributed by atoms with Crippen LogP contribution >= 0.6 is 12.4 Å². The second-order valence-electron chi connectivity index (χ2n) is 11.3. The van der Waals surface area contributed by atoms with Crippen LogP contribution in [0.2, 0.25) is 0 Å². The highest BCUT2D eigenvalue weighted by molar-refractivity contribution is 5.90. The zero-order chi connectivity index (χ0) is 30.0. The lowest BCUT2D eigenvalue weighted by Gasteiger charge is -2.23. The Balaban J connectivity index is 0. The molecule has 0 aliphatic heterocycles. The SMILES string of the molecule is CCCCCCCCCCCCCCCCCCOCC(COC(=O)N(CCN(C)C)C(C)=O)OC(=O)N(C)C.Cl. The summed E-state index contributed by atoms with van der Waals surface area (Å²) in [6.45, 7) is 4.85. The van der Waals surface area contributed by atoms with Crippen molar-refractivity contribution < 1.29 is 28.6 Å². The molecule has 0 aliphatic carbocycles. The Morgan fingerprint density at radius 2 is 1.10 bits per heavy atom. The molecule has 3 amide bonds. The van der Waals surface area contributed by atoms with Gasteiger partial charge in [-0.2, -0.15) is 0 Å². The highest BCUT2D eigenvalue weighted by Gasteiger charge is 2.23. The largest absolute Gasteiger partial charge is 0.445 e. The number of carbonyl (C=O) groups excluding carboxylic acids is 3.